The van der Waals surface area contributed by atoms with Gasteiger partial charge in [-0.2, -0.15) is 0 Å². The normalized spacial score (nSPS) is 33.4. The van der Waals surface area contributed by atoms with Crippen molar-refractivity contribution in [3.05, 3.63) is 0 Å². The second-order valence-electron chi connectivity index (χ2n) is 6.18. The third kappa shape index (κ3) is 2.83. The number of nitrogens with zero attached hydrogens (tertiary/aromatic N) is 2. The smallest absolute Gasteiger partial charge is 0.0235 e. The summed E-state index contributed by atoms with van der Waals surface area (Å²) >= 11 is 0. The molecule has 98 valence electrons. The van der Waals surface area contributed by atoms with Crippen molar-refractivity contribution >= 4 is 0 Å². The Morgan fingerprint density at radius 1 is 1.12 bits per heavy atom. The topological polar surface area (TPSA) is 18.5 Å². The second-order valence-corrected chi connectivity index (χ2v) is 6.18. The molecule has 0 radical (unpaired) electrons. The molecule has 1 saturated carbocycles. The van der Waals surface area contributed by atoms with E-state index in [0.717, 1.165) is 18.0 Å². The lowest BCUT2D eigenvalue weighted by Gasteiger charge is -2.26. The highest BCUT2D eigenvalue weighted by molar-refractivity contribution is 4.91. The molecule has 3 aliphatic rings. The van der Waals surface area contributed by atoms with Crippen LogP contribution in [0.1, 0.15) is 32.1 Å². The van der Waals surface area contributed by atoms with E-state index in [4.69, 9.17) is 0 Å². The van der Waals surface area contributed by atoms with Gasteiger partial charge in [0, 0.05) is 25.2 Å². The van der Waals surface area contributed by atoms with Gasteiger partial charge in [-0.1, -0.05) is 0 Å². The summed E-state index contributed by atoms with van der Waals surface area (Å²) in [6.45, 7) is 6.65. The number of hydrogen-bond acceptors (Lipinski definition) is 3. The number of likely N-dealkylation sites (N-methyl/N-ethyl adjacent to an activating group) is 1. The SMILES string of the molecule is CNC(CN1CCC(N2CCCC2)C1)C1CC1. The third-order valence-corrected chi connectivity index (χ3v) is 4.92. The molecule has 0 spiro atoms. The fourth-order valence-electron chi connectivity index (χ4n) is 3.64. The summed E-state index contributed by atoms with van der Waals surface area (Å²) in [5, 5.41) is 3.52. The van der Waals surface area contributed by atoms with Crippen LogP contribution in [0.25, 0.3) is 0 Å². The molecule has 2 aliphatic heterocycles. The molecule has 2 heterocycles. The Morgan fingerprint density at radius 3 is 2.53 bits per heavy atom. The summed E-state index contributed by atoms with van der Waals surface area (Å²) in [4.78, 5) is 5.42. The fraction of sp³-hybridized carbons (Fsp3) is 1.00. The van der Waals surface area contributed by atoms with Gasteiger partial charge in [0.2, 0.25) is 0 Å². The Kier molecular flexibility index (Phi) is 3.69. The van der Waals surface area contributed by atoms with Crippen molar-refractivity contribution < 1.29 is 0 Å². The van der Waals surface area contributed by atoms with Crippen LogP contribution in [0.5, 0.6) is 0 Å². The largest absolute Gasteiger partial charge is 0.315 e. The Morgan fingerprint density at radius 2 is 1.88 bits per heavy atom. The summed E-state index contributed by atoms with van der Waals surface area (Å²) in [5.74, 6) is 0.978. The van der Waals surface area contributed by atoms with Gasteiger partial charge < -0.3 is 10.2 Å². The first kappa shape index (κ1) is 11.9. The van der Waals surface area contributed by atoms with Gasteiger partial charge in [0.1, 0.15) is 0 Å². The summed E-state index contributed by atoms with van der Waals surface area (Å²) in [6.07, 6.45) is 7.17. The Labute approximate surface area is 106 Å². The predicted molar refractivity (Wildman–Crippen MR) is 71.2 cm³/mol. The van der Waals surface area contributed by atoms with Gasteiger partial charge >= 0.3 is 0 Å². The van der Waals surface area contributed by atoms with Gasteiger partial charge in [-0.3, -0.25) is 4.90 Å². The van der Waals surface area contributed by atoms with Crippen LogP contribution in [0.2, 0.25) is 0 Å². The van der Waals surface area contributed by atoms with E-state index in [1.54, 1.807) is 0 Å². The number of hydrogen-bond donors (Lipinski definition) is 1. The first-order valence-corrected chi connectivity index (χ1v) is 7.50. The van der Waals surface area contributed by atoms with Gasteiger partial charge in [0.05, 0.1) is 0 Å². The minimum absolute atomic E-state index is 0.757. The summed E-state index contributed by atoms with van der Waals surface area (Å²) in [7, 11) is 2.14. The van der Waals surface area contributed by atoms with Crippen molar-refractivity contribution in [3.8, 4) is 0 Å². The van der Waals surface area contributed by atoms with Crippen molar-refractivity contribution in [2.75, 3.05) is 39.8 Å². The van der Waals surface area contributed by atoms with E-state index in [1.165, 1.54) is 64.8 Å². The van der Waals surface area contributed by atoms with Crippen molar-refractivity contribution in [3.63, 3.8) is 0 Å². The first-order valence-electron chi connectivity index (χ1n) is 7.50. The number of likely N-dealkylation sites (tertiary alicyclic amines) is 2. The minimum atomic E-state index is 0.757. The first-order chi connectivity index (χ1) is 8.36. The third-order valence-electron chi connectivity index (χ3n) is 4.92. The zero-order valence-corrected chi connectivity index (χ0v) is 11.2. The van der Waals surface area contributed by atoms with Gasteiger partial charge in [-0.25, -0.2) is 0 Å². The molecule has 17 heavy (non-hydrogen) atoms. The fourth-order valence-corrected chi connectivity index (χ4v) is 3.64. The lowest BCUT2D eigenvalue weighted by atomic mass is 10.2. The zero-order valence-electron chi connectivity index (χ0n) is 11.2. The molecule has 1 N–H and O–H groups in total. The van der Waals surface area contributed by atoms with Crippen LogP contribution in [0, 0.1) is 5.92 Å². The Bertz CT molecular complexity index is 246. The highest BCUT2D eigenvalue weighted by Gasteiger charge is 2.34. The quantitative estimate of drug-likeness (QED) is 0.774. The van der Waals surface area contributed by atoms with E-state index in [1.807, 2.05) is 0 Å². The van der Waals surface area contributed by atoms with E-state index in [9.17, 15) is 0 Å². The van der Waals surface area contributed by atoms with Crippen molar-refractivity contribution in [1.82, 2.24) is 15.1 Å². The molecular formula is C14H27N3. The Hall–Kier alpha value is -0.120. The van der Waals surface area contributed by atoms with Crippen LogP contribution in [0.3, 0.4) is 0 Å². The Balaban J connectivity index is 1.46. The van der Waals surface area contributed by atoms with Crippen molar-refractivity contribution in [2.24, 2.45) is 5.92 Å². The predicted octanol–water partition coefficient (Wildman–Crippen LogP) is 1.15. The van der Waals surface area contributed by atoms with Crippen molar-refractivity contribution in [1.29, 1.82) is 0 Å². The standard InChI is InChI=1S/C14H27N3/c1-15-14(12-4-5-12)11-16-9-6-13(10-16)17-7-2-3-8-17/h12-15H,2-11H2,1H3. The maximum Gasteiger partial charge on any atom is 0.0235 e. The molecule has 0 amide bonds. The summed E-state index contributed by atoms with van der Waals surface area (Å²) in [6, 6.07) is 1.63. The van der Waals surface area contributed by atoms with Gasteiger partial charge in [0.25, 0.3) is 0 Å². The zero-order chi connectivity index (χ0) is 11.7. The van der Waals surface area contributed by atoms with Gasteiger partial charge in [-0.15, -0.1) is 0 Å². The second kappa shape index (κ2) is 5.25. The van der Waals surface area contributed by atoms with Crippen LogP contribution in [0.15, 0.2) is 0 Å². The monoisotopic (exact) mass is 237 g/mol. The number of rotatable bonds is 5. The van der Waals surface area contributed by atoms with Crippen LogP contribution in [-0.2, 0) is 0 Å². The molecule has 0 aromatic carbocycles. The molecule has 0 aromatic rings. The van der Waals surface area contributed by atoms with E-state index in [2.05, 4.69) is 22.2 Å². The van der Waals surface area contributed by atoms with E-state index in [-0.39, 0.29) is 0 Å². The highest BCUT2D eigenvalue weighted by atomic mass is 15.3. The van der Waals surface area contributed by atoms with Crippen LogP contribution < -0.4 is 5.32 Å². The molecule has 3 fully saturated rings. The average Bonchev–Trinajstić information content (AvgIpc) is 2.88. The maximum absolute atomic E-state index is 3.52. The van der Waals surface area contributed by atoms with Crippen LogP contribution in [-0.4, -0.2) is 61.7 Å². The molecule has 3 heteroatoms. The molecule has 2 saturated heterocycles. The lowest BCUT2D eigenvalue weighted by molar-refractivity contribution is 0.221. The minimum Gasteiger partial charge on any atom is -0.315 e. The van der Waals surface area contributed by atoms with Gasteiger partial charge in [0.15, 0.2) is 0 Å². The number of nitrogens with one attached hydrogen (secondary N) is 1. The van der Waals surface area contributed by atoms with Gasteiger partial charge in [-0.05, 0) is 64.7 Å². The highest BCUT2D eigenvalue weighted by Crippen LogP contribution is 2.33. The molecule has 1 aliphatic carbocycles. The molecule has 0 bridgehead atoms. The van der Waals surface area contributed by atoms with Crippen LogP contribution >= 0.6 is 0 Å². The molecule has 2 unspecified atom stereocenters. The molecule has 3 nitrogen and oxygen atoms in total. The average molecular weight is 237 g/mol. The molecule has 3 rings (SSSR count). The molecular weight excluding hydrogens is 210 g/mol. The summed E-state index contributed by atoms with van der Waals surface area (Å²) < 4.78 is 0. The summed E-state index contributed by atoms with van der Waals surface area (Å²) in [5.41, 5.74) is 0. The molecule has 0 aromatic heterocycles. The lowest BCUT2D eigenvalue weighted by Crippen LogP contribution is -2.42. The molecule has 2 atom stereocenters. The van der Waals surface area contributed by atoms with E-state index < -0.39 is 0 Å². The van der Waals surface area contributed by atoms with E-state index >= 15 is 0 Å². The van der Waals surface area contributed by atoms with E-state index in [0.29, 0.717) is 0 Å². The van der Waals surface area contributed by atoms with Crippen LogP contribution in [0.4, 0.5) is 0 Å². The maximum atomic E-state index is 3.52. The van der Waals surface area contributed by atoms with Crippen molar-refractivity contribution in [2.45, 2.75) is 44.2 Å².